The zero-order valence-corrected chi connectivity index (χ0v) is 12.5. The van der Waals surface area contributed by atoms with Crippen LogP contribution in [0.3, 0.4) is 0 Å². The molecule has 1 fully saturated rings. The topological polar surface area (TPSA) is 56.2 Å². The van der Waals surface area contributed by atoms with Gasteiger partial charge < -0.3 is 10.1 Å². The highest BCUT2D eigenvalue weighted by atomic mass is 16.5. The minimum Gasteiger partial charge on any atom is -0.492 e. The molecule has 4 rings (SSSR count). The minimum absolute atomic E-state index is 0.0327. The fourth-order valence-electron chi connectivity index (χ4n) is 3.11. The molecule has 0 bridgehead atoms. The summed E-state index contributed by atoms with van der Waals surface area (Å²) in [5, 5.41) is 7.39. The highest BCUT2D eigenvalue weighted by molar-refractivity contribution is 5.96. The Labute approximate surface area is 129 Å². The summed E-state index contributed by atoms with van der Waals surface area (Å²) in [6.45, 7) is 2.56. The third kappa shape index (κ3) is 2.26. The Morgan fingerprint density at radius 1 is 1.36 bits per heavy atom. The fourth-order valence-corrected chi connectivity index (χ4v) is 3.11. The van der Waals surface area contributed by atoms with E-state index in [1.165, 1.54) is 12.8 Å². The van der Waals surface area contributed by atoms with Gasteiger partial charge in [-0.1, -0.05) is 18.2 Å². The maximum Gasteiger partial charge on any atom is 0.236 e. The molecule has 1 aromatic carbocycles. The monoisotopic (exact) mass is 297 g/mol. The largest absolute Gasteiger partial charge is 0.492 e. The molecule has 1 aromatic heterocycles. The van der Waals surface area contributed by atoms with Crippen LogP contribution < -0.4 is 10.1 Å². The summed E-state index contributed by atoms with van der Waals surface area (Å²) in [5.41, 5.74) is 0.960. The van der Waals surface area contributed by atoms with Crippen LogP contribution >= 0.6 is 0 Å². The number of ether oxygens (including phenoxy) is 1. The summed E-state index contributed by atoms with van der Waals surface area (Å²) in [7, 11) is 0. The molecule has 1 aliphatic heterocycles. The molecule has 2 aliphatic rings. The Morgan fingerprint density at radius 2 is 2.18 bits per heavy atom. The third-order valence-corrected chi connectivity index (χ3v) is 4.63. The van der Waals surface area contributed by atoms with Gasteiger partial charge in [0.25, 0.3) is 0 Å². The van der Waals surface area contributed by atoms with E-state index in [0.717, 1.165) is 17.1 Å². The summed E-state index contributed by atoms with van der Waals surface area (Å²) in [6.07, 6.45) is 4.24. The number of carbonyl (C=O) groups excluding carboxylic acids is 1. The lowest BCUT2D eigenvalue weighted by atomic mass is 10.0. The third-order valence-electron chi connectivity index (χ3n) is 4.63. The quantitative estimate of drug-likeness (QED) is 0.944. The van der Waals surface area contributed by atoms with Crippen LogP contribution in [0.1, 0.15) is 37.3 Å². The van der Waals surface area contributed by atoms with Gasteiger partial charge in [0.2, 0.25) is 5.91 Å². The van der Waals surface area contributed by atoms with E-state index in [2.05, 4.69) is 17.3 Å². The van der Waals surface area contributed by atoms with Crippen molar-refractivity contribution in [2.24, 2.45) is 5.92 Å². The van der Waals surface area contributed by atoms with Crippen molar-refractivity contribution in [1.29, 1.82) is 0 Å². The molecule has 0 unspecified atom stereocenters. The lowest BCUT2D eigenvalue weighted by Gasteiger charge is -2.16. The Morgan fingerprint density at radius 3 is 3.00 bits per heavy atom. The fraction of sp³-hybridized carbons (Fsp3) is 0.412. The number of hydrogen-bond acceptors (Lipinski definition) is 3. The van der Waals surface area contributed by atoms with Gasteiger partial charge in [-0.15, -0.1) is 0 Å². The van der Waals surface area contributed by atoms with E-state index in [0.29, 0.717) is 18.6 Å². The zero-order chi connectivity index (χ0) is 15.1. The minimum atomic E-state index is -0.254. The molecule has 1 N–H and O–H groups in total. The molecule has 2 aromatic rings. The van der Waals surface area contributed by atoms with Crippen LogP contribution in [-0.2, 0) is 4.79 Å². The molecule has 2 heterocycles. The van der Waals surface area contributed by atoms with E-state index in [-0.39, 0.29) is 11.8 Å². The summed E-state index contributed by atoms with van der Waals surface area (Å²) >= 11 is 0. The first kappa shape index (κ1) is 13.4. The van der Waals surface area contributed by atoms with Crippen LogP contribution in [0.2, 0.25) is 0 Å². The number of carbonyl (C=O) groups is 1. The van der Waals surface area contributed by atoms with Crippen LogP contribution in [0, 0.1) is 5.92 Å². The number of nitrogens with one attached hydrogen (secondary N) is 1. The first-order valence-corrected chi connectivity index (χ1v) is 7.80. The van der Waals surface area contributed by atoms with Crippen LogP contribution in [0.15, 0.2) is 36.5 Å². The van der Waals surface area contributed by atoms with Gasteiger partial charge in [0.1, 0.15) is 24.1 Å². The lowest BCUT2D eigenvalue weighted by molar-refractivity contribution is -0.117. The molecular formula is C17H19N3O2. The van der Waals surface area contributed by atoms with Crippen molar-refractivity contribution in [3.8, 4) is 5.75 Å². The number of amides is 1. The molecule has 1 saturated carbocycles. The smallest absolute Gasteiger partial charge is 0.236 e. The van der Waals surface area contributed by atoms with Gasteiger partial charge in [-0.2, -0.15) is 5.10 Å². The maximum absolute atomic E-state index is 12.6. The van der Waals surface area contributed by atoms with Gasteiger partial charge >= 0.3 is 0 Å². The first-order chi connectivity index (χ1) is 10.7. The van der Waals surface area contributed by atoms with Crippen molar-refractivity contribution < 1.29 is 9.53 Å². The molecule has 0 saturated heterocycles. The van der Waals surface area contributed by atoms with Crippen LogP contribution in [-0.4, -0.2) is 22.3 Å². The van der Waals surface area contributed by atoms with E-state index in [1.54, 1.807) is 6.20 Å². The SMILES string of the molecule is C[C@H](C1CC1)n1nccc1NC(=O)[C@H]1COc2ccccc21. The normalized spacial score (nSPS) is 21.0. The van der Waals surface area contributed by atoms with Gasteiger partial charge in [-0.05, 0) is 31.7 Å². The van der Waals surface area contributed by atoms with E-state index in [4.69, 9.17) is 4.74 Å². The Balaban J connectivity index is 1.53. The van der Waals surface area contributed by atoms with E-state index in [9.17, 15) is 4.79 Å². The first-order valence-electron chi connectivity index (χ1n) is 7.80. The molecule has 2 atom stereocenters. The second-order valence-electron chi connectivity index (χ2n) is 6.13. The van der Waals surface area contributed by atoms with Gasteiger partial charge in [0, 0.05) is 11.6 Å². The predicted octanol–water partition coefficient (Wildman–Crippen LogP) is 2.97. The van der Waals surface area contributed by atoms with Crippen LogP contribution in [0.25, 0.3) is 0 Å². The molecule has 0 radical (unpaired) electrons. The summed E-state index contributed by atoms with van der Waals surface area (Å²) in [4.78, 5) is 12.6. The number of hydrogen-bond donors (Lipinski definition) is 1. The standard InChI is InChI=1S/C17H19N3O2/c1-11(12-6-7-12)20-16(8-9-18-20)19-17(21)14-10-22-15-5-3-2-4-13(14)15/h2-5,8-9,11-12,14H,6-7,10H2,1H3,(H,19,21)/t11-,14+/m1/s1. The molecule has 114 valence electrons. The summed E-state index contributed by atoms with van der Waals surface area (Å²) in [5.74, 6) is 1.98. The van der Waals surface area contributed by atoms with Gasteiger partial charge in [0.05, 0.1) is 12.2 Å². The second kappa shape index (κ2) is 5.16. The van der Waals surface area contributed by atoms with Crippen molar-refractivity contribution in [2.75, 3.05) is 11.9 Å². The van der Waals surface area contributed by atoms with Crippen LogP contribution in [0.5, 0.6) is 5.75 Å². The van der Waals surface area contributed by atoms with Crippen LogP contribution in [0.4, 0.5) is 5.82 Å². The molecular weight excluding hydrogens is 278 g/mol. The zero-order valence-electron chi connectivity index (χ0n) is 12.5. The van der Waals surface area contributed by atoms with Gasteiger partial charge in [-0.25, -0.2) is 4.68 Å². The highest BCUT2D eigenvalue weighted by Gasteiger charge is 2.33. The number of anilines is 1. The number of benzene rings is 1. The molecule has 1 aliphatic carbocycles. The number of para-hydroxylation sites is 1. The molecule has 22 heavy (non-hydrogen) atoms. The lowest BCUT2D eigenvalue weighted by Crippen LogP contribution is -2.24. The average molecular weight is 297 g/mol. The maximum atomic E-state index is 12.6. The molecule has 0 spiro atoms. The number of fused-ring (bicyclic) bond motifs is 1. The van der Waals surface area contributed by atoms with Crippen molar-refractivity contribution in [2.45, 2.75) is 31.7 Å². The van der Waals surface area contributed by atoms with Crippen molar-refractivity contribution in [3.63, 3.8) is 0 Å². The van der Waals surface area contributed by atoms with E-state index < -0.39 is 0 Å². The molecule has 5 heteroatoms. The Kier molecular flexibility index (Phi) is 3.13. The second-order valence-corrected chi connectivity index (χ2v) is 6.13. The Bertz CT molecular complexity index is 705. The highest BCUT2D eigenvalue weighted by Crippen LogP contribution is 2.40. The number of aromatic nitrogens is 2. The molecule has 1 amide bonds. The van der Waals surface area contributed by atoms with Crippen molar-refractivity contribution in [3.05, 3.63) is 42.1 Å². The average Bonchev–Trinajstić information content (AvgIpc) is 3.13. The number of nitrogens with zero attached hydrogens (tertiary/aromatic N) is 2. The van der Waals surface area contributed by atoms with Gasteiger partial charge in [0.15, 0.2) is 0 Å². The predicted molar refractivity (Wildman–Crippen MR) is 83.0 cm³/mol. The van der Waals surface area contributed by atoms with Crippen molar-refractivity contribution >= 4 is 11.7 Å². The Hall–Kier alpha value is -2.30. The van der Waals surface area contributed by atoms with Gasteiger partial charge in [-0.3, -0.25) is 4.79 Å². The molecule has 5 nitrogen and oxygen atoms in total. The van der Waals surface area contributed by atoms with Crippen molar-refractivity contribution in [1.82, 2.24) is 9.78 Å². The van der Waals surface area contributed by atoms with E-state index in [1.807, 2.05) is 35.0 Å². The summed E-state index contributed by atoms with van der Waals surface area (Å²) in [6, 6.07) is 9.91. The number of rotatable bonds is 4. The summed E-state index contributed by atoms with van der Waals surface area (Å²) < 4.78 is 7.52. The van der Waals surface area contributed by atoms with E-state index >= 15 is 0 Å².